The van der Waals surface area contributed by atoms with Crippen LogP contribution in [-0.4, -0.2) is 71.7 Å². The van der Waals surface area contributed by atoms with Crippen LogP contribution in [0.4, 0.5) is 5.69 Å². The van der Waals surface area contributed by atoms with Crippen molar-refractivity contribution in [3.63, 3.8) is 0 Å². The molecule has 0 saturated carbocycles. The summed E-state index contributed by atoms with van der Waals surface area (Å²) in [7, 11) is 0. The number of aliphatic hydroxyl groups is 1. The minimum absolute atomic E-state index is 0.00470. The highest BCUT2D eigenvalue weighted by Gasteiger charge is 2.41. The normalized spacial score (nSPS) is 24.4. The number of amides is 1. The van der Waals surface area contributed by atoms with Crippen molar-refractivity contribution in [2.24, 2.45) is 0 Å². The number of nitrogens with zero attached hydrogens (tertiary/aromatic N) is 1. The maximum Gasteiger partial charge on any atom is 0.303 e. The van der Waals surface area contributed by atoms with Crippen molar-refractivity contribution in [3.05, 3.63) is 65.2 Å². The Morgan fingerprint density at radius 2 is 1.56 bits per heavy atom. The van der Waals surface area contributed by atoms with Gasteiger partial charge in [-0.3, -0.25) is 9.59 Å². The minimum Gasteiger partial charge on any atom is -0.481 e. The molecular weight excluding hydrogens is 528 g/mol. The van der Waals surface area contributed by atoms with Crippen LogP contribution in [0.15, 0.2) is 48.5 Å². The first-order valence-electron chi connectivity index (χ1n) is 14.5. The van der Waals surface area contributed by atoms with Crippen LogP contribution in [0.25, 0.3) is 0 Å². The number of carboxylic acids is 1. The van der Waals surface area contributed by atoms with E-state index in [1.54, 1.807) is 0 Å². The highest BCUT2D eigenvalue weighted by atomic mass is 16.7. The molecule has 10 nitrogen and oxygen atoms in total. The topological polar surface area (TPSA) is 127 Å². The van der Waals surface area contributed by atoms with Crippen LogP contribution in [0, 0.1) is 0 Å². The first-order chi connectivity index (χ1) is 19.9. The molecule has 3 aliphatic heterocycles. The van der Waals surface area contributed by atoms with E-state index < -0.39 is 18.0 Å². The smallest absolute Gasteiger partial charge is 0.303 e. The number of hydrogen-bond acceptors (Lipinski definition) is 8. The summed E-state index contributed by atoms with van der Waals surface area (Å²) in [4.78, 5) is 25.3. The third-order valence-electron chi connectivity index (χ3n) is 8.02. The van der Waals surface area contributed by atoms with Crippen molar-refractivity contribution >= 4 is 17.6 Å². The Labute approximate surface area is 240 Å². The second-order valence-corrected chi connectivity index (χ2v) is 11.0. The highest BCUT2D eigenvalue weighted by molar-refractivity contribution is 5.90. The molecule has 1 spiro atoms. The summed E-state index contributed by atoms with van der Waals surface area (Å²) in [6.07, 6.45) is 2.95. The molecule has 3 N–H and O–H groups in total. The van der Waals surface area contributed by atoms with Crippen LogP contribution in [0.3, 0.4) is 0 Å². The Balaban J connectivity index is 1.22. The van der Waals surface area contributed by atoms with E-state index in [2.05, 4.69) is 10.2 Å². The molecule has 3 atom stereocenters. The van der Waals surface area contributed by atoms with Crippen molar-refractivity contribution < 1.29 is 38.7 Å². The summed E-state index contributed by atoms with van der Waals surface area (Å²) in [5.74, 6) is -1.41. The summed E-state index contributed by atoms with van der Waals surface area (Å²) < 4.78 is 24.7. The average molecular weight is 569 g/mol. The Morgan fingerprint density at radius 3 is 2.22 bits per heavy atom. The summed E-state index contributed by atoms with van der Waals surface area (Å²) in [5.41, 5.74) is 3.42. The maximum atomic E-state index is 12.3. The fourth-order valence-corrected chi connectivity index (χ4v) is 5.69. The van der Waals surface area contributed by atoms with Gasteiger partial charge in [0.05, 0.1) is 32.0 Å². The van der Waals surface area contributed by atoms with Gasteiger partial charge >= 0.3 is 5.97 Å². The lowest BCUT2D eigenvalue weighted by molar-refractivity contribution is -0.255. The van der Waals surface area contributed by atoms with Gasteiger partial charge in [-0.2, -0.15) is 0 Å². The van der Waals surface area contributed by atoms with Gasteiger partial charge in [0.2, 0.25) is 5.91 Å². The van der Waals surface area contributed by atoms with Gasteiger partial charge in [0.15, 0.2) is 12.1 Å². The van der Waals surface area contributed by atoms with Gasteiger partial charge in [-0.1, -0.05) is 36.4 Å². The molecule has 222 valence electrons. The molecule has 2 aromatic carbocycles. The average Bonchev–Trinajstić information content (AvgIpc) is 3.45. The predicted molar refractivity (Wildman–Crippen MR) is 150 cm³/mol. The molecule has 3 fully saturated rings. The number of likely N-dealkylation sites (tertiary alicyclic amines) is 1. The molecule has 0 aromatic heterocycles. The first-order valence-corrected chi connectivity index (χ1v) is 14.5. The SMILES string of the molecule is O=C(O)CCCCC(=O)Nc1ccc([C@H]2O[C@@H](CN3CCC4(CC3)OCCO4)C[C@@H](c3ccc(CO)cc3)O2)cc1. The number of carbonyl (C=O) groups is 2. The molecule has 0 bridgehead atoms. The van der Waals surface area contributed by atoms with Gasteiger partial charge in [0.25, 0.3) is 0 Å². The second-order valence-electron chi connectivity index (χ2n) is 11.0. The number of piperidine rings is 1. The third-order valence-corrected chi connectivity index (χ3v) is 8.02. The van der Waals surface area contributed by atoms with E-state index >= 15 is 0 Å². The van der Waals surface area contributed by atoms with E-state index in [4.69, 9.17) is 24.1 Å². The lowest BCUT2D eigenvalue weighted by atomic mass is 9.98. The quantitative estimate of drug-likeness (QED) is 0.343. The van der Waals surface area contributed by atoms with E-state index in [-0.39, 0.29) is 37.6 Å². The second kappa shape index (κ2) is 13.9. The van der Waals surface area contributed by atoms with Crippen molar-refractivity contribution in [2.45, 2.75) is 75.8 Å². The monoisotopic (exact) mass is 568 g/mol. The van der Waals surface area contributed by atoms with Gasteiger partial charge in [-0.25, -0.2) is 0 Å². The lowest BCUT2D eigenvalue weighted by Gasteiger charge is -2.41. The van der Waals surface area contributed by atoms with Crippen LogP contribution in [0.5, 0.6) is 0 Å². The van der Waals surface area contributed by atoms with Crippen LogP contribution in [0.2, 0.25) is 0 Å². The molecule has 3 heterocycles. The zero-order chi connectivity index (χ0) is 28.7. The first kappa shape index (κ1) is 29.6. The zero-order valence-corrected chi connectivity index (χ0v) is 23.3. The number of ether oxygens (including phenoxy) is 4. The van der Waals surface area contributed by atoms with Crippen LogP contribution >= 0.6 is 0 Å². The molecule has 0 aliphatic carbocycles. The van der Waals surface area contributed by atoms with Crippen molar-refractivity contribution in [2.75, 3.05) is 38.2 Å². The number of hydrogen-bond donors (Lipinski definition) is 3. The molecule has 5 rings (SSSR count). The molecule has 0 radical (unpaired) electrons. The van der Waals surface area contributed by atoms with Gasteiger partial charge in [0.1, 0.15) is 0 Å². The van der Waals surface area contributed by atoms with E-state index in [1.807, 2.05) is 48.5 Å². The Hall–Kier alpha value is -2.86. The number of anilines is 1. The Morgan fingerprint density at radius 1 is 0.902 bits per heavy atom. The largest absolute Gasteiger partial charge is 0.481 e. The van der Waals surface area contributed by atoms with Gasteiger partial charge in [-0.05, 0) is 36.1 Å². The molecular formula is C31H40N2O8. The fraction of sp³-hybridized carbons (Fsp3) is 0.548. The Bertz CT molecular complexity index is 1140. The van der Waals surface area contributed by atoms with Crippen LogP contribution < -0.4 is 5.32 Å². The summed E-state index contributed by atoms with van der Waals surface area (Å²) in [6, 6.07) is 15.3. The van der Waals surface area contributed by atoms with Crippen molar-refractivity contribution in [1.82, 2.24) is 4.90 Å². The minimum atomic E-state index is -0.850. The molecule has 0 unspecified atom stereocenters. The molecule has 3 aliphatic rings. The molecule has 10 heteroatoms. The molecule has 3 saturated heterocycles. The van der Waals surface area contributed by atoms with Gasteiger partial charge < -0.3 is 39.4 Å². The standard InChI is InChI=1S/C31H40N2O8/c34-21-22-5-7-23(8-6-22)27-19-26(20-33-15-13-31(14-16-33)38-17-18-39-31)40-30(41-27)24-9-11-25(12-10-24)32-28(35)3-1-2-4-29(36)37/h5-12,26-27,30,34H,1-4,13-21H2,(H,32,35)(H,36,37)/t26-,27+,30+/m1/s1. The Kier molecular flexibility index (Phi) is 10.0. The number of aliphatic hydroxyl groups excluding tert-OH is 1. The van der Waals surface area contributed by atoms with Crippen molar-refractivity contribution in [1.29, 1.82) is 0 Å². The number of unbranched alkanes of at least 4 members (excludes halogenated alkanes) is 1. The van der Waals surface area contributed by atoms with Crippen molar-refractivity contribution in [3.8, 4) is 0 Å². The van der Waals surface area contributed by atoms with Crippen LogP contribution in [0.1, 0.15) is 74.0 Å². The predicted octanol–water partition coefficient (Wildman–Crippen LogP) is 4.15. The summed E-state index contributed by atoms with van der Waals surface area (Å²) in [6.45, 7) is 3.86. The number of rotatable bonds is 11. The number of nitrogens with one attached hydrogen (secondary N) is 1. The van der Waals surface area contributed by atoms with E-state index in [9.17, 15) is 14.7 Å². The molecule has 1 amide bonds. The van der Waals surface area contributed by atoms with Gasteiger partial charge in [0, 0.05) is 63.0 Å². The molecule has 41 heavy (non-hydrogen) atoms. The zero-order valence-electron chi connectivity index (χ0n) is 23.3. The molecule has 2 aromatic rings. The number of carbonyl (C=O) groups excluding carboxylic acids is 1. The van der Waals surface area contributed by atoms with Gasteiger partial charge in [-0.15, -0.1) is 0 Å². The third kappa shape index (κ3) is 8.12. The maximum absolute atomic E-state index is 12.3. The van der Waals surface area contributed by atoms with E-state index in [0.29, 0.717) is 38.2 Å². The van der Waals surface area contributed by atoms with E-state index in [0.717, 1.165) is 49.2 Å². The number of carboxylic acid groups (broad SMARTS) is 1. The summed E-state index contributed by atoms with van der Waals surface area (Å²) >= 11 is 0. The lowest BCUT2D eigenvalue weighted by Crippen LogP contribution is -2.48. The highest BCUT2D eigenvalue weighted by Crippen LogP contribution is 2.39. The fourth-order valence-electron chi connectivity index (χ4n) is 5.69. The number of benzene rings is 2. The number of aliphatic carboxylic acids is 1. The van der Waals surface area contributed by atoms with E-state index in [1.165, 1.54) is 0 Å². The summed E-state index contributed by atoms with van der Waals surface area (Å²) in [5, 5.41) is 21.1. The van der Waals surface area contributed by atoms with Crippen LogP contribution in [-0.2, 0) is 35.1 Å².